The SMILES string of the molecule is N#Cc1c(F)c(-n2c3ccc(-c4ccccc4)cc3c3ccc(-c4ccccc4)cc32)c(F)c(-n2c3ccc(-c4ccccc4)cc3c3ccc(-c4ccccc4)cc32)c1F. The molecule has 0 amide bonds. The molecule has 288 valence electrons. The van der Waals surface area contributed by atoms with E-state index in [4.69, 9.17) is 0 Å². The fourth-order valence-corrected chi connectivity index (χ4v) is 8.89. The lowest BCUT2D eigenvalue weighted by Crippen LogP contribution is -2.12. The van der Waals surface area contributed by atoms with Crippen LogP contribution in [-0.4, -0.2) is 9.13 Å². The molecule has 11 aromatic rings. The zero-order valence-corrected chi connectivity index (χ0v) is 32.5. The van der Waals surface area contributed by atoms with E-state index in [9.17, 15) is 5.26 Å². The highest BCUT2D eigenvalue weighted by atomic mass is 19.1. The first-order valence-corrected chi connectivity index (χ1v) is 20.0. The van der Waals surface area contributed by atoms with Gasteiger partial charge in [-0.3, -0.25) is 0 Å². The van der Waals surface area contributed by atoms with Crippen molar-refractivity contribution in [2.24, 2.45) is 0 Å². The number of nitrogens with zero attached hydrogens (tertiary/aromatic N) is 3. The van der Waals surface area contributed by atoms with Crippen LogP contribution in [0.5, 0.6) is 0 Å². The van der Waals surface area contributed by atoms with Crippen LogP contribution in [0.15, 0.2) is 194 Å². The second kappa shape index (κ2) is 14.3. The molecule has 0 spiro atoms. The van der Waals surface area contributed by atoms with Crippen molar-refractivity contribution < 1.29 is 13.2 Å². The van der Waals surface area contributed by atoms with Gasteiger partial charge in [0.25, 0.3) is 0 Å². The van der Waals surface area contributed by atoms with Crippen LogP contribution < -0.4 is 0 Å². The van der Waals surface area contributed by atoms with E-state index in [1.807, 2.05) is 194 Å². The Morgan fingerprint density at radius 1 is 0.311 bits per heavy atom. The van der Waals surface area contributed by atoms with E-state index in [0.717, 1.165) is 66.1 Å². The summed E-state index contributed by atoms with van der Waals surface area (Å²) in [7, 11) is 0. The molecule has 0 fully saturated rings. The molecule has 2 heterocycles. The highest BCUT2D eigenvalue weighted by molar-refractivity contribution is 6.13. The molecule has 11 rings (SSSR count). The molecule has 0 radical (unpaired) electrons. The van der Waals surface area contributed by atoms with Gasteiger partial charge in [0.2, 0.25) is 0 Å². The van der Waals surface area contributed by atoms with Crippen molar-refractivity contribution in [1.29, 1.82) is 5.26 Å². The first-order chi connectivity index (χ1) is 30.0. The van der Waals surface area contributed by atoms with Gasteiger partial charge >= 0.3 is 0 Å². The largest absolute Gasteiger partial charge is 0.304 e. The third-order valence-electron chi connectivity index (χ3n) is 11.8. The number of hydrogen-bond donors (Lipinski definition) is 0. The minimum absolute atomic E-state index is 0.500. The van der Waals surface area contributed by atoms with Crippen molar-refractivity contribution in [2.45, 2.75) is 0 Å². The average molecular weight is 792 g/mol. The number of halogens is 3. The lowest BCUT2D eigenvalue weighted by Gasteiger charge is -2.18. The molecular formula is C55H32F3N3. The van der Waals surface area contributed by atoms with Gasteiger partial charge < -0.3 is 9.13 Å². The van der Waals surface area contributed by atoms with Gasteiger partial charge in [0.05, 0.1) is 22.1 Å². The van der Waals surface area contributed by atoms with Crippen LogP contribution in [0.25, 0.3) is 99.5 Å². The molecule has 0 N–H and O–H groups in total. The van der Waals surface area contributed by atoms with Crippen LogP contribution in [0.1, 0.15) is 5.56 Å². The molecule has 6 heteroatoms. The monoisotopic (exact) mass is 791 g/mol. The van der Waals surface area contributed by atoms with Gasteiger partial charge in [-0.05, 0) is 80.9 Å². The molecule has 2 aromatic heterocycles. The first kappa shape index (κ1) is 36.0. The molecule has 0 unspecified atom stereocenters. The first-order valence-electron chi connectivity index (χ1n) is 20.0. The van der Waals surface area contributed by atoms with E-state index in [0.29, 0.717) is 22.1 Å². The van der Waals surface area contributed by atoms with E-state index in [-0.39, 0.29) is 0 Å². The Balaban J connectivity index is 1.25. The Kier molecular flexibility index (Phi) is 8.43. The summed E-state index contributed by atoms with van der Waals surface area (Å²) in [5.74, 6) is -3.70. The Morgan fingerprint density at radius 3 is 0.984 bits per heavy atom. The van der Waals surface area contributed by atoms with Crippen molar-refractivity contribution in [2.75, 3.05) is 0 Å². The summed E-state index contributed by atoms with van der Waals surface area (Å²) in [6, 6.07) is 64.3. The maximum atomic E-state index is 18.3. The molecule has 0 saturated heterocycles. The number of fused-ring (bicyclic) bond motifs is 6. The Bertz CT molecular complexity index is 3320. The predicted molar refractivity (Wildman–Crippen MR) is 241 cm³/mol. The number of benzene rings is 9. The Hall–Kier alpha value is -8.14. The summed E-state index contributed by atoms with van der Waals surface area (Å²) in [6.07, 6.45) is 0. The third-order valence-corrected chi connectivity index (χ3v) is 11.8. The number of nitriles is 1. The van der Waals surface area contributed by atoms with Crippen LogP contribution in [-0.2, 0) is 0 Å². The van der Waals surface area contributed by atoms with Crippen LogP contribution in [0.2, 0.25) is 0 Å². The van der Waals surface area contributed by atoms with E-state index >= 15 is 13.2 Å². The summed E-state index contributed by atoms with van der Waals surface area (Å²) in [5.41, 5.74) is 7.34. The molecule has 0 saturated carbocycles. The van der Waals surface area contributed by atoms with Gasteiger partial charge in [0, 0.05) is 21.5 Å². The minimum atomic E-state index is -1.28. The van der Waals surface area contributed by atoms with Gasteiger partial charge in [-0.1, -0.05) is 158 Å². The second-order valence-electron chi connectivity index (χ2n) is 15.2. The molecule has 0 aliphatic carbocycles. The molecule has 3 nitrogen and oxygen atoms in total. The van der Waals surface area contributed by atoms with Crippen LogP contribution in [0, 0.1) is 28.8 Å². The van der Waals surface area contributed by atoms with E-state index in [2.05, 4.69) is 0 Å². The molecule has 9 aromatic carbocycles. The lowest BCUT2D eigenvalue weighted by molar-refractivity contribution is 0.526. The topological polar surface area (TPSA) is 33.6 Å². The van der Waals surface area contributed by atoms with Crippen molar-refractivity contribution >= 4 is 43.6 Å². The summed E-state index contributed by atoms with van der Waals surface area (Å²) in [6.45, 7) is 0. The van der Waals surface area contributed by atoms with Gasteiger partial charge in [-0.15, -0.1) is 0 Å². The number of hydrogen-bond acceptors (Lipinski definition) is 1. The Morgan fingerprint density at radius 2 is 0.639 bits per heavy atom. The lowest BCUT2D eigenvalue weighted by atomic mass is 10.0. The van der Waals surface area contributed by atoms with Crippen molar-refractivity contribution in [3.8, 4) is 62.0 Å². The number of aromatic nitrogens is 2. The Labute approximate surface area is 349 Å². The second-order valence-corrected chi connectivity index (χ2v) is 15.2. The maximum absolute atomic E-state index is 18.3. The normalized spacial score (nSPS) is 11.5. The smallest absolute Gasteiger partial charge is 0.177 e. The highest BCUT2D eigenvalue weighted by Crippen LogP contribution is 2.43. The fraction of sp³-hybridized carbons (Fsp3) is 0. The summed E-state index contributed by atoms with van der Waals surface area (Å²) in [4.78, 5) is 0. The number of rotatable bonds is 6. The predicted octanol–water partition coefficient (Wildman–Crippen LogP) is 14.8. The van der Waals surface area contributed by atoms with Gasteiger partial charge in [-0.25, -0.2) is 13.2 Å². The van der Waals surface area contributed by atoms with Crippen LogP contribution in [0.3, 0.4) is 0 Å². The van der Waals surface area contributed by atoms with Crippen molar-refractivity contribution in [3.05, 3.63) is 217 Å². The van der Waals surface area contributed by atoms with E-state index in [1.165, 1.54) is 9.13 Å². The van der Waals surface area contributed by atoms with Crippen molar-refractivity contribution in [1.82, 2.24) is 9.13 Å². The standard InChI is InChI=1S/C55H32F3N3/c56-51-46(33-59)52(57)55(61-48-28-24-39(35-15-7-2-8-16-35)30-45(48)43-26-22-41(32-50(43)61)37-19-11-4-12-20-37)53(58)54(51)60-47-27-23-38(34-13-5-1-6-14-34)29-44(47)42-25-21-40(31-49(42)60)36-17-9-3-10-18-36/h1-32H. The highest BCUT2D eigenvalue weighted by Gasteiger charge is 2.31. The van der Waals surface area contributed by atoms with Crippen molar-refractivity contribution in [3.63, 3.8) is 0 Å². The fourth-order valence-electron chi connectivity index (χ4n) is 8.89. The summed E-state index contributed by atoms with van der Waals surface area (Å²) < 4.78 is 55.7. The molecule has 0 bridgehead atoms. The molecule has 0 atom stereocenters. The zero-order chi connectivity index (χ0) is 41.2. The zero-order valence-electron chi connectivity index (χ0n) is 32.5. The quantitative estimate of drug-likeness (QED) is 0.165. The van der Waals surface area contributed by atoms with E-state index < -0.39 is 34.4 Å². The average Bonchev–Trinajstić information content (AvgIpc) is 3.81. The molecule has 61 heavy (non-hydrogen) atoms. The maximum Gasteiger partial charge on any atom is 0.177 e. The molecule has 0 aliphatic heterocycles. The van der Waals surface area contributed by atoms with Gasteiger partial charge in [-0.2, -0.15) is 5.26 Å². The minimum Gasteiger partial charge on any atom is -0.304 e. The van der Waals surface area contributed by atoms with Crippen LogP contribution in [0.4, 0.5) is 13.2 Å². The molecule has 0 aliphatic rings. The van der Waals surface area contributed by atoms with E-state index in [1.54, 1.807) is 6.07 Å². The molecular weight excluding hydrogens is 760 g/mol. The third kappa shape index (κ3) is 5.74. The van der Waals surface area contributed by atoms with Gasteiger partial charge in [0.15, 0.2) is 17.5 Å². The van der Waals surface area contributed by atoms with Crippen LogP contribution >= 0.6 is 0 Å². The summed E-state index contributed by atoms with van der Waals surface area (Å²) in [5, 5.41) is 13.5. The van der Waals surface area contributed by atoms with Gasteiger partial charge in [0.1, 0.15) is 23.0 Å². The summed E-state index contributed by atoms with van der Waals surface area (Å²) >= 11 is 0.